The molecule has 7 nitrogen and oxygen atoms in total. The van der Waals surface area contributed by atoms with Crippen LogP contribution in [0.5, 0.6) is 0 Å². The zero-order valence-electron chi connectivity index (χ0n) is 12.7. The number of thioether (sulfide) groups is 1. The third-order valence-electron chi connectivity index (χ3n) is 3.51. The molecule has 3 rings (SSSR count). The van der Waals surface area contributed by atoms with Crippen molar-refractivity contribution in [3.05, 3.63) is 58.9 Å². The van der Waals surface area contributed by atoms with Crippen LogP contribution in [0.25, 0.3) is 0 Å². The van der Waals surface area contributed by atoms with E-state index in [0.29, 0.717) is 21.0 Å². The summed E-state index contributed by atoms with van der Waals surface area (Å²) >= 11 is 1.11. The van der Waals surface area contributed by atoms with Gasteiger partial charge in [-0.05, 0) is 36.0 Å². The van der Waals surface area contributed by atoms with Gasteiger partial charge in [0.2, 0.25) is 5.91 Å². The predicted molar refractivity (Wildman–Crippen MR) is 87.6 cm³/mol. The standard InChI is InChI=1S/C16H13N3O4S/c1-18-15(21)11-6-5-10(8-12(11)16(18)22)17-13(20)9-24-14-4-2-3-7-19(14)23/h2-8H,9H2,1H3,(H,17,20). The number of carbonyl (C=O) groups is 3. The molecule has 0 saturated carbocycles. The zero-order valence-corrected chi connectivity index (χ0v) is 13.5. The highest BCUT2D eigenvalue weighted by atomic mass is 32.2. The lowest BCUT2D eigenvalue weighted by Gasteiger charge is -2.06. The van der Waals surface area contributed by atoms with Crippen LogP contribution in [0.2, 0.25) is 0 Å². The van der Waals surface area contributed by atoms with Gasteiger partial charge in [0.1, 0.15) is 0 Å². The molecule has 0 unspecified atom stereocenters. The Labute approximate surface area is 141 Å². The van der Waals surface area contributed by atoms with Gasteiger partial charge in [0.05, 0.1) is 16.9 Å². The number of nitrogens with zero attached hydrogens (tertiary/aromatic N) is 2. The number of pyridine rings is 1. The Bertz CT molecular complexity index is 853. The van der Waals surface area contributed by atoms with Crippen LogP contribution < -0.4 is 10.0 Å². The SMILES string of the molecule is CN1C(=O)c2ccc(NC(=O)CSc3cccc[n+]3[O-])cc2C1=O. The van der Waals surface area contributed by atoms with E-state index in [2.05, 4.69) is 5.32 Å². The summed E-state index contributed by atoms with van der Waals surface area (Å²) in [5.74, 6) is -1.01. The van der Waals surface area contributed by atoms with Crippen molar-refractivity contribution < 1.29 is 19.1 Å². The second-order valence-corrected chi connectivity index (χ2v) is 6.13. The fourth-order valence-corrected chi connectivity index (χ4v) is 3.01. The van der Waals surface area contributed by atoms with E-state index in [1.165, 1.54) is 25.4 Å². The minimum Gasteiger partial charge on any atom is -0.618 e. The molecule has 122 valence electrons. The molecule has 0 bridgehead atoms. The Hall–Kier alpha value is -2.87. The molecule has 24 heavy (non-hydrogen) atoms. The summed E-state index contributed by atoms with van der Waals surface area (Å²) in [6, 6.07) is 9.52. The highest BCUT2D eigenvalue weighted by molar-refractivity contribution is 7.99. The van der Waals surface area contributed by atoms with Crippen LogP contribution in [0.15, 0.2) is 47.6 Å². The van der Waals surface area contributed by atoms with Gasteiger partial charge >= 0.3 is 0 Å². The first-order valence-corrected chi connectivity index (χ1v) is 8.03. The molecule has 2 aromatic rings. The molecular weight excluding hydrogens is 330 g/mol. The van der Waals surface area contributed by atoms with E-state index in [4.69, 9.17) is 0 Å². The molecule has 1 aliphatic heterocycles. The average molecular weight is 343 g/mol. The van der Waals surface area contributed by atoms with Crippen LogP contribution in [0.4, 0.5) is 5.69 Å². The number of benzene rings is 1. The van der Waals surface area contributed by atoms with Gasteiger partial charge in [-0.1, -0.05) is 0 Å². The molecule has 0 saturated heterocycles. The number of fused-ring (bicyclic) bond motifs is 1. The molecule has 0 aliphatic carbocycles. The van der Waals surface area contributed by atoms with Crippen LogP contribution in [0.3, 0.4) is 0 Å². The normalized spacial score (nSPS) is 13.1. The summed E-state index contributed by atoms with van der Waals surface area (Å²) in [7, 11) is 1.41. The molecule has 8 heteroatoms. The molecule has 0 spiro atoms. The predicted octanol–water partition coefficient (Wildman–Crippen LogP) is 1.28. The Kier molecular flexibility index (Phi) is 4.22. The molecule has 1 aromatic heterocycles. The maximum atomic E-state index is 12.0. The molecule has 1 aromatic carbocycles. The van der Waals surface area contributed by atoms with Crippen LogP contribution in [0.1, 0.15) is 20.7 Å². The van der Waals surface area contributed by atoms with Crippen molar-refractivity contribution in [3.63, 3.8) is 0 Å². The van der Waals surface area contributed by atoms with Gasteiger partial charge in [-0.15, -0.1) is 0 Å². The van der Waals surface area contributed by atoms with E-state index in [9.17, 15) is 19.6 Å². The highest BCUT2D eigenvalue weighted by Crippen LogP contribution is 2.25. The van der Waals surface area contributed by atoms with E-state index in [1.54, 1.807) is 24.3 Å². The van der Waals surface area contributed by atoms with Gasteiger partial charge in [-0.3, -0.25) is 19.3 Å². The number of hydrogen-bond donors (Lipinski definition) is 1. The van der Waals surface area contributed by atoms with Gasteiger partial charge < -0.3 is 10.5 Å². The second kappa shape index (κ2) is 6.32. The van der Waals surface area contributed by atoms with Crippen molar-refractivity contribution in [2.75, 3.05) is 18.1 Å². The number of anilines is 1. The molecule has 1 N–H and O–H groups in total. The van der Waals surface area contributed by atoms with Gasteiger partial charge in [0, 0.05) is 24.9 Å². The molecule has 3 amide bonds. The minimum absolute atomic E-state index is 0.0517. The molecule has 0 atom stereocenters. The summed E-state index contributed by atoms with van der Waals surface area (Å²) in [5, 5.41) is 14.6. The van der Waals surface area contributed by atoms with Gasteiger partial charge in [-0.2, -0.15) is 4.73 Å². The van der Waals surface area contributed by atoms with Crippen molar-refractivity contribution in [2.24, 2.45) is 0 Å². The van der Waals surface area contributed by atoms with E-state index >= 15 is 0 Å². The number of rotatable bonds is 4. The summed E-state index contributed by atoms with van der Waals surface area (Å²) in [5.41, 5.74) is 1.03. The van der Waals surface area contributed by atoms with Gasteiger partial charge in [0.15, 0.2) is 6.20 Å². The lowest BCUT2D eigenvalue weighted by molar-refractivity contribution is -0.645. The van der Waals surface area contributed by atoms with E-state index in [0.717, 1.165) is 16.7 Å². The van der Waals surface area contributed by atoms with Crippen molar-refractivity contribution in [1.29, 1.82) is 0 Å². The summed E-state index contributed by atoms with van der Waals surface area (Å²) < 4.78 is 0.688. The summed E-state index contributed by atoms with van der Waals surface area (Å²) in [4.78, 5) is 36.8. The Morgan fingerprint density at radius 2 is 1.96 bits per heavy atom. The topological polar surface area (TPSA) is 93.4 Å². The van der Waals surface area contributed by atoms with Gasteiger partial charge in [-0.25, -0.2) is 0 Å². The maximum absolute atomic E-state index is 12.0. The quantitative estimate of drug-likeness (QED) is 0.391. The van der Waals surface area contributed by atoms with E-state index in [1.807, 2.05) is 0 Å². The minimum atomic E-state index is -0.392. The van der Waals surface area contributed by atoms with Crippen LogP contribution in [-0.4, -0.2) is 35.4 Å². The van der Waals surface area contributed by atoms with Crippen LogP contribution in [-0.2, 0) is 4.79 Å². The number of imide groups is 1. The molecule has 0 radical (unpaired) electrons. The van der Waals surface area contributed by atoms with Crippen molar-refractivity contribution in [1.82, 2.24) is 4.90 Å². The van der Waals surface area contributed by atoms with E-state index in [-0.39, 0.29) is 23.1 Å². The Morgan fingerprint density at radius 3 is 2.71 bits per heavy atom. The fraction of sp³-hybridized carbons (Fsp3) is 0.125. The molecule has 1 aliphatic rings. The molecule has 0 fully saturated rings. The third kappa shape index (κ3) is 2.95. The lowest BCUT2D eigenvalue weighted by Crippen LogP contribution is -2.28. The highest BCUT2D eigenvalue weighted by Gasteiger charge is 2.32. The molecule has 2 heterocycles. The summed E-state index contributed by atoms with van der Waals surface area (Å²) in [6.07, 6.45) is 1.36. The second-order valence-electron chi connectivity index (χ2n) is 5.13. The van der Waals surface area contributed by atoms with Crippen molar-refractivity contribution in [3.8, 4) is 0 Å². The Balaban J connectivity index is 1.67. The average Bonchev–Trinajstić information content (AvgIpc) is 2.78. The monoisotopic (exact) mass is 343 g/mol. The van der Waals surface area contributed by atoms with Crippen LogP contribution >= 0.6 is 11.8 Å². The van der Waals surface area contributed by atoms with Crippen molar-refractivity contribution in [2.45, 2.75) is 5.03 Å². The number of nitrogens with one attached hydrogen (secondary N) is 1. The smallest absolute Gasteiger partial charge is 0.261 e. The Morgan fingerprint density at radius 1 is 1.21 bits per heavy atom. The number of aromatic nitrogens is 1. The fourth-order valence-electron chi connectivity index (χ4n) is 2.30. The lowest BCUT2D eigenvalue weighted by atomic mass is 10.1. The zero-order chi connectivity index (χ0) is 17.3. The largest absolute Gasteiger partial charge is 0.618 e. The van der Waals surface area contributed by atoms with Crippen LogP contribution in [0, 0.1) is 5.21 Å². The maximum Gasteiger partial charge on any atom is 0.261 e. The van der Waals surface area contributed by atoms with Crippen molar-refractivity contribution >= 4 is 35.2 Å². The van der Waals surface area contributed by atoms with Gasteiger partial charge in [0.25, 0.3) is 16.8 Å². The number of hydrogen-bond acceptors (Lipinski definition) is 5. The number of amides is 3. The third-order valence-corrected chi connectivity index (χ3v) is 4.53. The van der Waals surface area contributed by atoms with E-state index < -0.39 is 5.91 Å². The first-order valence-electron chi connectivity index (χ1n) is 7.04. The summed E-state index contributed by atoms with van der Waals surface area (Å²) in [6.45, 7) is 0. The first-order chi connectivity index (χ1) is 11.5. The number of carbonyl (C=O) groups excluding carboxylic acids is 3. The first kappa shape index (κ1) is 16.0. The molecular formula is C16H13N3O4S.